The van der Waals surface area contributed by atoms with E-state index in [9.17, 15) is 4.79 Å². The van der Waals surface area contributed by atoms with Gasteiger partial charge in [0.05, 0.1) is 7.11 Å². The molecule has 0 saturated carbocycles. The van der Waals surface area contributed by atoms with Crippen LogP contribution in [0.3, 0.4) is 0 Å². The summed E-state index contributed by atoms with van der Waals surface area (Å²) in [6.07, 6.45) is 2.22. The Kier molecular flexibility index (Phi) is 5.99. The number of aromatic nitrogens is 2. The van der Waals surface area contributed by atoms with E-state index >= 15 is 0 Å². The first kappa shape index (κ1) is 18.4. The molecule has 2 aromatic carbocycles. The molecule has 3 aromatic rings. The second kappa shape index (κ2) is 8.80. The van der Waals surface area contributed by atoms with Crippen LogP contribution in [0.15, 0.2) is 67.0 Å². The van der Waals surface area contributed by atoms with Gasteiger partial charge in [0.1, 0.15) is 23.6 Å². The van der Waals surface area contributed by atoms with Crippen LogP contribution in [0, 0.1) is 0 Å². The zero-order valence-electron chi connectivity index (χ0n) is 15.4. The molecule has 1 amide bonds. The van der Waals surface area contributed by atoms with Gasteiger partial charge in [-0.15, -0.1) is 0 Å². The van der Waals surface area contributed by atoms with Crippen LogP contribution < -0.4 is 15.0 Å². The number of amides is 1. The summed E-state index contributed by atoms with van der Waals surface area (Å²) < 4.78 is 5.24. The summed E-state index contributed by atoms with van der Waals surface area (Å²) in [6, 6.07) is 19.1. The van der Waals surface area contributed by atoms with Gasteiger partial charge in [0.2, 0.25) is 0 Å². The molecule has 0 radical (unpaired) electrons. The van der Waals surface area contributed by atoms with E-state index in [0.717, 1.165) is 23.4 Å². The van der Waals surface area contributed by atoms with Gasteiger partial charge in [-0.3, -0.25) is 4.79 Å². The van der Waals surface area contributed by atoms with Crippen LogP contribution in [0.5, 0.6) is 5.75 Å². The number of nitrogens with zero attached hydrogens (tertiary/aromatic N) is 3. The Morgan fingerprint density at radius 3 is 2.67 bits per heavy atom. The lowest BCUT2D eigenvalue weighted by Crippen LogP contribution is -2.27. The van der Waals surface area contributed by atoms with Gasteiger partial charge in [-0.25, -0.2) is 9.97 Å². The van der Waals surface area contributed by atoms with E-state index in [4.69, 9.17) is 4.74 Å². The van der Waals surface area contributed by atoms with Gasteiger partial charge < -0.3 is 15.0 Å². The molecule has 0 bridgehead atoms. The Morgan fingerprint density at radius 2 is 1.89 bits per heavy atom. The van der Waals surface area contributed by atoms with Crippen LogP contribution in [0.25, 0.3) is 0 Å². The molecule has 6 nitrogen and oxygen atoms in total. The lowest BCUT2D eigenvalue weighted by molar-refractivity contribution is 0.0988. The third-order valence-electron chi connectivity index (χ3n) is 4.19. The molecule has 0 aliphatic heterocycles. The monoisotopic (exact) mass is 362 g/mol. The number of para-hydroxylation sites is 1. The van der Waals surface area contributed by atoms with Crippen molar-refractivity contribution in [2.24, 2.45) is 0 Å². The number of hydrogen-bond acceptors (Lipinski definition) is 5. The normalized spacial score (nSPS) is 10.3. The van der Waals surface area contributed by atoms with E-state index in [1.54, 1.807) is 25.1 Å². The Labute approximate surface area is 158 Å². The highest BCUT2D eigenvalue weighted by Gasteiger charge is 2.15. The Balaban J connectivity index is 1.62. The van der Waals surface area contributed by atoms with Gasteiger partial charge in [0, 0.05) is 25.3 Å². The number of rotatable bonds is 7. The molecule has 138 valence electrons. The third-order valence-corrected chi connectivity index (χ3v) is 4.19. The lowest BCUT2D eigenvalue weighted by Gasteiger charge is -2.17. The molecule has 0 fully saturated rings. The first-order valence-electron chi connectivity index (χ1n) is 8.69. The van der Waals surface area contributed by atoms with Crippen molar-refractivity contribution in [1.82, 2.24) is 9.97 Å². The molecule has 0 aliphatic rings. The Hall–Kier alpha value is -3.41. The van der Waals surface area contributed by atoms with Crippen molar-refractivity contribution in [2.75, 3.05) is 30.9 Å². The number of nitrogens with one attached hydrogen (secondary N) is 1. The number of benzene rings is 2. The maximum absolute atomic E-state index is 12.7. The average Bonchev–Trinajstić information content (AvgIpc) is 2.73. The molecule has 1 heterocycles. The maximum Gasteiger partial charge on any atom is 0.276 e. The van der Waals surface area contributed by atoms with Crippen LogP contribution >= 0.6 is 0 Å². The Morgan fingerprint density at radius 1 is 1.07 bits per heavy atom. The summed E-state index contributed by atoms with van der Waals surface area (Å²) in [4.78, 5) is 22.5. The highest BCUT2D eigenvalue weighted by atomic mass is 16.5. The fourth-order valence-electron chi connectivity index (χ4n) is 2.67. The third kappa shape index (κ3) is 4.82. The fourth-order valence-corrected chi connectivity index (χ4v) is 2.67. The minimum absolute atomic E-state index is 0.181. The number of carbonyl (C=O) groups is 1. The van der Waals surface area contributed by atoms with Gasteiger partial charge in [-0.05, 0) is 36.2 Å². The summed E-state index contributed by atoms with van der Waals surface area (Å²) in [6.45, 7) is 0.687. The van der Waals surface area contributed by atoms with Crippen molar-refractivity contribution in [3.8, 4) is 5.75 Å². The molecular weight excluding hydrogens is 340 g/mol. The van der Waals surface area contributed by atoms with Crippen molar-refractivity contribution >= 4 is 17.4 Å². The largest absolute Gasteiger partial charge is 0.497 e. The summed E-state index contributed by atoms with van der Waals surface area (Å²) in [5, 5.41) is 3.24. The van der Waals surface area contributed by atoms with Crippen molar-refractivity contribution in [2.45, 2.75) is 6.42 Å². The molecule has 6 heteroatoms. The number of ether oxygens (including phenoxy) is 1. The standard InChI is InChI=1S/C21H22N4O2/c1-25(17-8-4-3-5-9-17)21(26)19-14-20(24-15-23-19)22-12-11-16-7-6-10-18(13-16)27-2/h3-10,13-15H,11-12H2,1-2H3,(H,22,23,24). The van der Waals surface area contributed by atoms with Gasteiger partial charge in [0.15, 0.2) is 0 Å². The fraction of sp³-hybridized carbons (Fsp3) is 0.190. The molecule has 1 N–H and O–H groups in total. The highest BCUT2D eigenvalue weighted by molar-refractivity contribution is 6.04. The molecule has 0 saturated heterocycles. The van der Waals surface area contributed by atoms with Crippen molar-refractivity contribution < 1.29 is 9.53 Å². The molecule has 27 heavy (non-hydrogen) atoms. The minimum Gasteiger partial charge on any atom is -0.497 e. The van der Waals surface area contributed by atoms with E-state index in [2.05, 4.69) is 15.3 Å². The zero-order chi connectivity index (χ0) is 19.1. The van der Waals surface area contributed by atoms with Gasteiger partial charge in [0.25, 0.3) is 5.91 Å². The van der Waals surface area contributed by atoms with Crippen LogP contribution in [0.1, 0.15) is 16.1 Å². The molecule has 0 unspecified atom stereocenters. The van der Waals surface area contributed by atoms with Crippen LogP contribution in [0.2, 0.25) is 0 Å². The minimum atomic E-state index is -0.181. The van der Waals surface area contributed by atoms with E-state index < -0.39 is 0 Å². The summed E-state index contributed by atoms with van der Waals surface area (Å²) >= 11 is 0. The van der Waals surface area contributed by atoms with E-state index in [1.807, 2.05) is 54.6 Å². The lowest BCUT2D eigenvalue weighted by atomic mass is 10.1. The average molecular weight is 362 g/mol. The number of carbonyl (C=O) groups excluding carboxylic acids is 1. The Bertz CT molecular complexity index is 899. The first-order chi connectivity index (χ1) is 13.2. The molecule has 0 atom stereocenters. The molecule has 0 spiro atoms. The molecular formula is C21H22N4O2. The smallest absolute Gasteiger partial charge is 0.276 e. The summed E-state index contributed by atoms with van der Waals surface area (Å²) in [5.74, 6) is 1.28. The molecule has 0 aliphatic carbocycles. The number of anilines is 2. The zero-order valence-corrected chi connectivity index (χ0v) is 15.4. The van der Waals surface area contributed by atoms with Gasteiger partial charge >= 0.3 is 0 Å². The second-order valence-corrected chi connectivity index (χ2v) is 6.02. The predicted molar refractivity (Wildman–Crippen MR) is 106 cm³/mol. The maximum atomic E-state index is 12.7. The van der Waals surface area contributed by atoms with Crippen LogP contribution in [0.4, 0.5) is 11.5 Å². The van der Waals surface area contributed by atoms with Gasteiger partial charge in [-0.2, -0.15) is 0 Å². The van der Waals surface area contributed by atoms with Crippen LogP contribution in [-0.4, -0.2) is 36.6 Å². The summed E-state index contributed by atoms with van der Waals surface area (Å²) in [5.41, 5.74) is 2.32. The highest BCUT2D eigenvalue weighted by Crippen LogP contribution is 2.16. The quantitative estimate of drug-likeness (QED) is 0.698. The predicted octanol–water partition coefficient (Wildman–Crippen LogP) is 3.42. The van der Waals surface area contributed by atoms with Crippen molar-refractivity contribution in [3.05, 3.63) is 78.2 Å². The van der Waals surface area contributed by atoms with Crippen molar-refractivity contribution in [1.29, 1.82) is 0 Å². The SMILES string of the molecule is COc1cccc(CCNc2cc(C(=O)N(C)c3ccccc3)ncn2)c1. The van der Waals surface area contributed by atoms with E-state index in [0.29, 0.717) is 18.1 Å². The number of hydrogen-bond donors (Lipinski definition) is 1. The van der Waals surface area contributed by atoms with Crippen LogP contribution in [-0.2, 0) is 6.42 Å². The van der Waals surface area contributed by atoms with E-state index in [1.165, 1.54) is 6.33 Å². The van der Waals surface area contributed by atoms with E-state index in [-0.39, 0.29) is 5.91 Å². The first-order valence-corrected chi connectivity index (χ1v) is 8.69. The van der Waals surface area contributed by atoms with Crippen molar-refractivity contribution in [3.63, 3.8) is 0 Å². The number of methoxy groups -OCH3 is 1. The van der Waals surface area contributed by atoms with Gasteiger partial charge in [-0.1, -0.05) is 30.3 Å². The molecule has 3 rings (SSSR count). The topological polar surface area (TPSA) is 67.3 Å². The molecule has 1 aromatic heterocycles. The summed E-state index contributed by atoms with van der Waals surface area (Å²) in [7, 11) is 3.39. The second-order valence-electron chi connectivity index (χ2n) is 6.02.